The first kappa shape index (κ1) is 21.5. The average molecular weight is 460 g/mol. The van der Waals surface area contributed by atoms with Crippen LogP contribution >= 0.6 is 0 Å². The van der Waals surface area contributed by atoms with E-state index in [9.17, 15) is 0 Å². The minimum Gasteiger partial charge on any atom is -0.493 e. The first-order valence-electron chi connectivity index (χ1n) is 12.4. The highest BCUT2D eigenvalue weighted by atomic mass is 16.7. The molecule has 178 valence electrons. The van der Waals surface area contributed by atoms with E-state index in [-0.39, 0.29) is 17.1 Å². The number of nitrogens with zero attached hydrogens (tertiary/aromatic N) is 3. The molecule has 2 aliphatic heterocycles. The molecule has 0 amide bonds. The minimum absolute atomic E-state index is 0.0458. The normalized spacial score (nSPS) is 30.9. The SMILES string of the molecule is COc1ccc(C2CC(C3=NOC4(C3)[C@H]3CC[C@H](C3)C4(C)C)=NN2c2ccccc2)cc1OC. The molecular formula is C28H33N3O3. The summed E-state index contributed by atoms with van der Waals surface area (Å²) in [4.78, 5) is 6.38. The molecule has 1 spiro atoms. The van der Waals surface area contributed by atoms with Crippen LogP contribution < -0.4 is 14.5 Å². The van der Waals surface area contributed by atoms with Crippen molar-refractivity contribution in [2.75, 3.05) is 19.2 Å². The third-order valence-corrected chi connectivity index (χ3v) is 9.01. The van der Waals surface area contributed by atoms with Crippen LogP contribution in [0.4, 0.5) is 5.69 Å². The fraction of sp³-hybridized carbons (Fsp3) is 0.500. The molecular weight excluding hydrogens is 426 g/mol. The Morgan fingerprint density at radius 1 is 0.941 bits per heavy atom. The van der Waals surface area contributed by atoms with Crippen LogP contribution in [0, 0.1) is 17.3 Å². The summed E-state index contributed by atoms with van der Waals surface area (Å²) in [6.45, 7) is 4.77. The van der Waals surface area contributed by atoms with E-state index in [0.29, 0.717) is 5.92 Å². The predicted octanol–water partition coefficient (Wildman–Crippen LogP) is 5.98. The van der Waals surface area contributed by atoms with Crippen molar-refractivity contribution in [1.82, 2.24) is 0 Å². The summed E-state index contributed by atoms with van der Waals surface area (Å²) in [6, 6.07) is 16.5. The Bertz CT molecular complexity index is 1160. The van der Waals surface area contributed by atoms with Gasteiger partial charge >= 0.3 is 0 Å². The lowest BCUT2D eigenvalue weighted by atomic mass is 9.63. The Morgan fingerprint density at radius 3 is 2.41 bits per heavy atom. The molecule has 2 heterocycles. The van der Waals surface area contributed by atoms with Gasteiger partial charge in [0.15, 0.2) is 17.1 Å². The van der Waals surface area contributed by atoms with Crippen molar-refractivity contribution < 1.29 is 14.3 Å². The van der Waals surface area contributed by atoms with Gasteiger partial charge in [-0.05, 0) is 55.0 Å². The molecule has 2 unspecified atom stereocenters. The lowest BCUT2D eigenvalue weighted by Gasteiger charge is -2.44. The number of fused-ring (bicyclic) bond motifs is 3. The van der Waals surface area contributed by atoms with Crippen LogP contribution in [-0.2, 0) is 4.84 Å². The van der Waals surface area contributed by atoms with Gasteiger partial charge in [0, 0.05) is 24.2 Å². The standard InChI is InChI=1S/C28H33N3O3/c1-27(2)19-11-12-20(15-19)28(27)17-23(30-34-28)22-16-24(31(29-22)21-8-6-5-7-9-21)18-10-13-25(32-3)26(14-18)33-4/h5-10,13-14,19-20,24H,11-12,15-17H2,1-4H3/t19-,20+,24?,28?/m1/s1. The molecule has 2 aromatic carbocycles. The third kappa shape index (κ3) is 3.00. The molecule has 4 atom stereocenters. The van der Waals surface area contributed by atoms with Gasteiger partial charge in [0.1, 0.15) is 5.71 Å². The van der Waals surface area contributed by atoms with E-state index in [1.165, 1.54) is 19.3 Å². The maximum absolute atomic E-state index is 6.38. The number of hydrazone groups is 1. The van der Waals surface area contributed by atoms with Gasteiger partial charge in [0.2, 0.25) is 0 Å². The van der Waals surface area contributed by atoms with E-state index in [0.717, 1.165) is 52.9 Å². The summed E-state index contributed by atoms with van der Waals surface area (Å²) in [5.41, 5.74) is 4.21. The van der Waals surface area contributed by atoms with E-state index in [1.54, 1.807) is 14.2 Å². The summed E-state index contributed by atoms with van der Waals surface area (Å²) in [7, 11) is 3.34. The van der Waals surface area contributed by atoms with Crippen LogP contribution in [0.2, 0.25) is 0 Å². The van der Waals surface area contributed by atoms with Crippen molar-refractivity contribution in [3.05, 3.63) is 54.1 Å². The van der Waals surface area contributed by atoms with Crippen LogP contribution in [0.5, 0.6) is 11.5 Å². The quantitative estimate of drug-likeness (QED) is 0.552. The predicted molar refractivity (Wildman–Crippen MR) is 134 cm³/mol. The Hall–Kier alpha value is -3.02. The van der Waals surface area contributed by atoms with E-state index < -0.39 is 0 Å². The fourth-order valence-electron chi connectivity index (χ4n) is 6.92. The summed E-state index contributed by atoms with van der Waals surface area (Å²) >= 11 is 0. The summed E-state index contributed by atoms with van der Waals surface area (Å²) in [5, 5.41) is 11.9. The van der Waals surface area contributed by atoms with Crippen molar-refractivity contribution in [2.45, 2.75) is 57.6 Å². The number of anilines is 1. The molecule has 34 heavy (non-hydrogen) atoms. The van der Waals surface area contributed by atoms with Gasteiger partial charge in [0.05, 0.1) is 31.7 Å². The largest absolute Gasteiger partial charge is 0.493 e. The smallest absolute Gasteiger partial charge is 0.161 e. The van der Waals surface area contributed by atoms with Crippen molar-refractivity contribution in [1.29, 1.82) is 0 Å². The molecule has 6 rings (SSSR count). The lowest BCUT2D eigenvalue weighted by molar-refractivity contribution is -0.135. The van der Waals surface area contributed by atoms with Gasteiger partial charge < -0.3 is 14.3 Å². The molecule has 2 bridgehead atoms. The first-order valence-corrected chi connectivity index (χ1v) is 12.4. The molecule has 2 saturated carbocycles. The number of hydrogen-bond acceptors (Lipinski definition) is 6. The number of methoxy groups -OCH3 is 2. The number of para-hydroxylation sites is 1. The van der Waals surface area contributed by atoms with Gasteiger partial charge in [-0.1, -0.05) is 43.3 Å². The lowest BCUT2D eigenvalue weighted by Crippen LogP contribution is -2.49. The zero-order valence-electron chi connectivity index (χ0n) is 20.5. The topological polar surface area (TPSA) is 55.7 Å². The second-order valence-corrected chi connectivity index (χ2v) is 10.7. The number of ether oxygens (including phenoxy) is 2. The molecule has 0 aromatic heterocycles. The number of benzene rings is 2. The van der Waals surface area contributed by atoms with Crippen molar-refractivity contribution in [2.24, 2.45) is 27.5 Å². The molecule has 2 aromatic rings. The van der Waals surface area contributed by atoms with Crippen molar-refractivity contribution >= 4 is 17.1 Å². The minimum atomic E-state index is -0.174. The van der Waals surface area contributed by atoms with E-state index in [1.807, 2.05) is 12.1 Å². The Balaban J connectivity index is 1.33. The van der Waals surface area contributed by atoms with Gasteiger partial charge in [-0.2, -0.15) is 5.10 Å². The summed E-state index contributed by atoms with van der Waals surface area (Å²) in [5.74, 6) is 2.79. The zero-order valence-corrected chi connectivity index (χ0v) is 20.5. The Kier molecular flexibility index (Phi) is 4.91. The van der Waals surface area contributed by atoms with Crippen molar-refractivity contribution in [3.63, 3.8) is 0 Å². The summed E-state index contributed by atoms with van der Waals surface area (Å²) in [6.07, 6.45) is 5.49. The van der Waals surface area contributed by atoms with Gasteiger partial charge in [-0.15, -0.1) is 0 Å². The van der Waals surface area contributed by atoms with Gasteiger partial charge in [-0.25, -0.2) is 0 Å². The van der Waals surface area contributed by atoms with E-state index in [4.69, 9.17) is 24.6 Å². The van der Waals surface area contributed by atoms with E-state index in [2.05, 4.69) is 55.3 Å². The molecule has 6 nitrogen and oxygen atoms in total. The maximum Gasteiger partial charge on any atom is 0.161 e. The zero-order chi connectivity index (χ0) is 23.5. The van der Waals surface area contributed by atoms with Gasteiger partial charge in [-0.3, -0.25) is 5.01 Å². The molecule has 4 aliphatic rings. The van der Waals surface area contributed by atoms with Gasteiger partial charge in [0.25, 0.3) is 0 Å². The highest BCUT2D eigenvalue weighted by Crippen LogP contribution is 2.65. The van der Waals surface area contributed by atoms with Crippen LogP contribution in [0.25, 0.3) is 0 Å². The molecule has 2 aliphatic carbocycles. The third-order valence-electron chi connectivity index (χ3n) is 9.01. The molecule has 0 N–H and O–H groups in total. The number of rotatable bonds is 5. The molecule has 0 radical (unpaired) electrons. The second-order valence-electron chi connectivity index (χ2n) is 10.7. The first-order chi connectivity index (χ1) is 16.5. The van der Waals surface area contributed by atoms with Crippen LogP contribution in [-0.4, -0.2) is 31.2 Å². The maximum atomic E-state index is 6.38. The molecule has 0 saturated heterocycles. The second kappa shape index (κ2) is 7.76. The highest BCUT2D eigenvalue weighted by molar-refractivity contribution is 6.43. The number of hydrogen-bond donors (Lipinski definition) is 0. The average Bonchev–Trinajstić information content (AvgIpc) is 3.64. The monoisotopic (exact) mass is 459 g/mol. The Morgan fingerprint density at radius 2 is 1.71 bits per heavy atom. The Labute approximate surface area is 201 Å². The number of oxime groups is 1. The van der Waals surface area contributed by atoms with Crippen LogP contribution in [0.1, 0.15) is 57.6 Å². The fourth-order valence-corrected chi connectivity index (χ4v) is 6.92. The van der Waals surface area contributed by atoms with Crippen molar-refractivity contribution in [3.8, 4) is 11.5 Å². The highest BCUT2D eigenvalue weighted by Gasteiger charge is 2.67. The van der Waals surface area contributed by atoms with Crippen LogP contribution in [0.15, 0.2) is 58.8 Å². The molecule has 6 heteroatoms. The van der Waals surface area contributed by atoms with E-state index >= 15 is 0 Å². The molecule has 2 fully saturated rings. The van der Waals surface area contributed by atoms with Crippen LogP contribution in [0.3, 0.4) is 0 Å². The summed E-state index contributed by atoms with van der Waals surface area (Å²) < 4.78 is 11.1.